The van der Waals surface area contributed by atoms with Crippen LogP contribution in [0.4, 0.5) is 0 Å². The molecule has 6 heteroatoms. The second kappa shape index (κ2) is 8.18. The summed E-state index contributed by atoms with van der Waals surface area (Å²) in [6.07, 6.45) is 4.09. The van der Waals surface area contributed by atoms with Crippen LogP contribution in [0.3, 0.4) is 0 Å². The molecule has 142 valence electrons. The molecule has 0 spiro atoms. The number of carbonyl (C=O) groups is 2. The molecule has 6 nitrogen and oxygen atoms in total. The first-order valence-electron chi connectivity index (χ1n) is 9.53. The first-order valence-corrected chi connectivity index (χ1v) is 9.53. The van der Waals surface area contributed by atoms with Gasteiger partial charge in [-0.15, -0.1) is 6.58 Å². The lowest BCUT2D eigenvalue weighted by atomic mass is 10.1. The Balaban J connectivity index is 1.48. The Morgan fingerprint density at radius 2 is 1.77 bits per heavy atom. The number of aryl methyl sites for hydroxylation is 1. The van der Waals surface area contributed by atoms with Crippen LogP contribution in [0, 0.1) is 13.8 Å². The molecule has 0 radical (unpaired) electrons. The number of hydrogen-bond donors (Lipinski definition) is 1. The standard InChI is InChI=1S/C20H30N4O2/c1-4-7-24-15(2)12-18(16(24)3)19(25)13-22-8-10-23(11-9-22)14-20(26)21-17-5-6-17/h4,12,17H,1,5-11,13-14H2,2-3H3,(H,21,26). The van der Waals surface area contributed by atoms with Crippen molar-refractivity contribution in [3.8, 4) is 0 Å². The molecule has 26 heavy (non-hydrogen) atoms. The fourth-order valence-electron chi connectivity index (χ4n) is 3.59. The smallest absolute Gasteiger partial charge is 0.234 e. The van der Waals surface area contributed by atoms with Gasteiger partial charge in [-0.2, -0.15) is 0 Å². The quantitative estimate of drug-likeness (QED) is 0.563. The van der Waals surface area contributed by atoms with Crippen molar-refractivity contribution in [2.45, 2.75) is 39.3 Å². The van der Waals surface area contributed by atoms with E-state index >= 15 is 0 Å². The Hall–Kier alpha value is -1.92. The first kappa shape index (κ1) is 18.9. The van der Waals surface area contributed by atoms with Crippen molar-refractivity contribution < 1.29 is 9.59 Å². The summed E-state index contributed by atoms with van der Waals surface area (Å²) in [6, 6.07) is 2.40. The number of amides is 1. The number of hydrogen-bond acceptors (Lipinski definition) is 4. The molecular weight excluding hydrogens is 328 g/mol. The summed E-state index contributed by atoms with van der Waals surface area (Å²) in [5.74, 6) is 0.306. The zero-order chi connectivity index (χ0) is 18.7. The lowest BCUT2D eigenvalue weighted by Crippen LogP contribution is -2.50. The number of rotatable bonds is 8. The molecule has 2 heterocycles. The minimum Gasteiger partial charge on any atom is -0.352 e. The molecule has 1 aliphatic heterocycles. The molecule has 1 aromatic rings. The van der Waals surface area contributed by atoms with Gasteiger partial charge in [0, 0.05) is 55.7 Å². The summed E-state index contributed by atoms with van der Waals surface area (Å²) in [6.45, 7) is 12.8. The van der Waals surface area contributed by atoms with E-state index in [0.29, 0.717) is 19.1 Å². The third-order valence-electron chi connectivity index (χ3n) is 5.33. The normalized spacial score (nSPS) is 18.7. The van der Waals surface area contributed by atoms with Crippen LogP contribution in [0.15, 0.2) is 18.7 Å². The van der Waals surface area contributed by atoms with Gasteiger partial charge in [0.1, 0.15) is 0 Å². The van der Waals surface area contributed by atoms with Crippen molar-refractivity contribution >= 4 is 11.7 Å². The molecular formula is C20H30N4O2. The third-order valence-corrected chi connectivity index (χ3v) is 5.33. The van der Waals surface area contributed by atoms with Gasteiger partial charge < -0.3 is 9.88 Å². The maximum atomic E-state index is 12.7. The average molecular weight is 358 g/mol. The number of Topliss-reactive ketones (excluding diaryl/α,β-unsaturated/α-hetero) is 1. The van der Waals surface area contributed by atoms with Crippen LogP contribution in [0.25, 0.3) is 0 Å². The molecule has 0 unspecified atom stereocenters. The predicted octanol–water partition coefficient (Wildman–Crippen LogP) is 1.37. The van der Waals surface area contributed by atoms with E-state index < -0.39 is 0 Å². The fraction of sp³-hybridized carbons (Fsp3) is 0.600. The molecule has 0 bridgehead atoms. The Bertz CT molecular complexity index is 682. The topological polar surface area (TPSA) is 57.6 Å². The molecule has 1 aliphatic carbocycles. The second-order valence-electron chi connectivity index (χ2n) is 7.50. The van der Waals surface area contributed by atoms with Crippen LogP contribution in [-0.4, -0.2) is 71.4 Å². The second-order valence-corrected chi connectivity index (χ2v) is 7.50. The molecule has 2 aliphatic rings. The Morgan fingerprint density at radius 1 is 1.15 bits per heavy atom. The van der Waals surface area contributed by atoms with Crippen LogP contribution in [0.5, 0.6) is 0 Å². The minimum atomic E-state index is 0.131. The summed E-state index contributed by atoms with van der Waals surface area (Å²) < 4.78 is 2.12. The Kier molecular flexibility index (Phi) is 5.94. The van der Waals surface area contributed by atoms with E-state index in [9.17, 15) is 9.59 Å². The van der Waals surface area contributed by atoms with Crippen molar-refractivity contribution in [3.63, 3.8) is 0 Å². The molecule has 3 rings (SSSR count). The van der Waals surface area contributed by atoms with E-state index in [-0.39, 0.29) is 11.7 Å². The summed E-state index contributed by atoms with van der Waals surface area (Å²) >= 11 is 0. The van der Waals surface area contributed by atoms with Crippen LogP contribution in [-0.2, 0) is 11.3 Å². The van der Waals surface area contributed by atoms with Gasteiger partial charge in [-0.1, -0.05) is 6.08 Å². The number of ketones is 1. The Morgan fingerprint density at radius 3 is 2.35 bits per heavy atom. The van der Waals surface area contributed by atoms with E-state index in [1.807, 2.05) is 26.0 Å². The highest BCUT2D eigenvalue weighted by Gasteiger charge is 2.26. The van der Waals surface area contributed by atoms with Crippen molar-refractivity contribution in [3.05, 3.63) is 35.7 Å². The van der Waals surface area contributed by atoms with Crippen molar-refractivity contribution in [1.82, 2.24) is 19.7 Å². The number of aromatic nitrogens is 1. The van der Waals surface area contributed by atoms with Gasteiger partial charge in [0.2, 0.25) is 5.91 Å². The molecule has 1 aromatic heterocycles. The van der Waals surface area contributed by atoms with Gasteiger partial charge in [0.25, 0.3) is 0 Å². The number of nitrogens with zero attached hydrogens (tertiary/aromatic N) is 3. The van der Waals surface area contributed by atoms with Gasteiger partial charge in [-0.25, -0.2) is 0 Å². The maximum Gasteiger partial charge on any atom is 0.234 e. The number of piperazine rings is 1. The maximum absolute atomic E-state index is 12.7. The molecule has 1 N–H and O–H groups in total. The number of allylic oxidation sites excluding steroid dienone is 1. The summed E-state index contributed by atoms with van der Waals surface area (Å²) in [7, 11) is 0. The van der Waals surface area contributed by atoms with Gasteiger partial charge in [0.05, 0.1) is 13.1 Å². The number of nitrogens with one attached hydrogen (secondary N) is 1. The van der Waals surface area contributed by atoms with Crippen molar-refractivity contribution in [1.29, 1.82) is 0 Å². The average Bonchev–Trinajstić information content (AvgIpc) is 3.37. The lowest BCUT2D eigenvalue weighted by molar-refractivity contribution is -0.122. The van der Waals surface area contributed by atoms with E-state index in [4.69, 9.17) is 0 Å². The monoisotopic (exact) mass is 358 g/mol. The van der Waals surface area contributed by atoms with E-state index in [0.717, 1.165) is 62.5 Å². The zero-order valence-corrected chi connectivity index (χ0v) is 16.0. The molecule has 1 saturated heterocycles. The molecule has 2 fully saturated rings. The van der Waals surface area contributed by atoms with E-state index in [1.165, 1.54) is 0 Å². The van der Waals surface area contributed by atoms with Crippen molar-refractivity contribution in [2.24, 2.45) is 0 Å². The van der Waals surface area contributed by atoms with Gasteiger partial charge in [0.15, 0.2) is 5.78 Å². The molecule has 1 amide bonds. The highest BCUT2D eigenvalue weighted by Crippen LogP contribution is 2.19. The SMILES string of the molecule is C=CCn1c(C)cc(C(=O)CN2CCN(CC(=O)NC3CC3)CC2)c1C. The molecule has 0 aromatic carbocycles. The largest absolute Gasteiger partial charge is 0.352 e. The predicted molar refractivity (Wildman–Crippen MR) is 102 cm³/mol. The third kappa shape index (κ3) is 4.62. The zero-order valence-electron chi connectivity index (χ0n) is 16.0. The van der Waals surface area contributed by atoms with Crippen LogP contribution in [0.2, 0.25) is 0 Å². The van der Waals surface area contributed by atoms with E-state index in [1.54, 1.807) is 0 Å². The summed E-state index contributed by atoms with van der Waals surface area (Å²) in [4.78, 5) is 29.0. The van der Waals surface area contributed by atoms with Gasteiger partial charge >= 0.3 is 0 Å². The lowest BCUT2D eigenvalue weighted by Gasteiger charge is -2.33. The van der Waals surface area contributed by atoms with Crippen LogP contribution >= 0.6 is 0 Å². The van der Waals surface area contributed by atoms with Gasteiger partial charge in [-0.3, -0.25) is 19.4 Å². The highest BCUT2D eigenvalue weighted by molar-refractivity contribution is 5.99. The molecule has 1 saturated carbocycles. The van der Waals surface area contributed by atoms with E-state index in [2.05, 4.69) is 26.3 Å². The van der Waals surface area contributed by atoms with Crippen LogP contribution < -0.4 is 5.32 Å². The summed E-state index contributed by atoms with van der Waals surface area (Å²) in [5.41, 5.74) is 2.93. The van der Waals surface area contributed by atoms with Crippen molar-refractivity contribution in [2.75, 3.05) is 39.3 Å². The fourth-order valence-corrected chi connectivity index (χ4v) is 3.59. The number of carbonyl (C=O) groups excluding carboxylic acids is 2. The Labute approximate surface area is 155 Å². The molecule has 0 atom stereocenters. The van der Waals surface area contributed by atoms with Gasteiger partial charge in [-0.05, 0) is 32.8 Å². The summed E-state index contributed by atoms with van der Waals surface area (Å²) in [5, 5.41) is 3.03. The highest BCUT2D eigenvalue weighted by atomic mass is 16.2. The first-order chi connectivity index (χ1) is 12.5. The van der Waals surface area contributed by atoms with Crippen LogP contribution in [0.1, 0.15) is 34.6 Å². The minimum absolute atomic E-state index is 0.131.